The predicted molar refractivity (Wildman–Crippen MR) is 86.8 cm³/mol. The third kappa shape index (κ3) is 2.09. The van der Waals surface area contributed by atoms with Crippen LogP contribution in [0.25, 0.3) is 21.8 Å². The zero-order chi connectivity index (χ0) is 14.9. The van der Waals surface area contributed by atoms with Gasteiger partial charge in [0.2, 0.25) is 0 Å². The van der Waals surface area contributed by atoms with Gasteiger partial charge in [-0.15, -0.1) is 5.10 Å². The first-order valence-electron chi connectivity index (χ1n) is 7.21. The van der Waals surface area contributed by atoms with Crippen LogP contribution in [-0.2, 0) is 13.7 Å². The lowest BCUT2D eigenvalue weighted by molar-refractivity contribution is 0.310. The molecule has 0 unspecified atom stereocenters. The molecule has 4 aromatic rings. The number of ether oxygens (including phenoxy) is 1. The third-order valence-electron chi connectivity index (χ3n) is 3.82. The molecule has 4 nitrogen and oxygen atoms in total. The first-order chi connectivity index (χ1) is 10.8. The largest absolute Gasteiger partial charge is 0.488 e. The molecule has 0 saturated heterocycles. The fraction of sp³-hybridized carbons (Fsp3) is 0.111. The smallest absolute Gasteiger partial charge is 0.129 e. The Hall–Kier alpha value is -2.88. The van der Waals surface area contributed by atoms with Gasteiger partial charge in [-0.25, -0.2) is 4.68 Å². The molecule has 0 aliphatic rings. The number of hydrogen-bond donors (Lipinski definition) is 0. The Labute approximate surface area is 127 Å². The monoisotopic (exact) mass is 289 g/mol. The predicted octanol–water partition coefficient (Wildman–Crippen LogP) is 3.70. The van der Waals surface area contributed by atoms with Crippen molar-refractivity contribution in [2.75, 3.05) is 0 Å². The Kier molecular flexibility index (Phi) is 3.00. The van der Waals surface area contributed by atoms with Gasteiger partial charge in [-0.05, 0) is 5.56 Å². The maximum atomic E-state index is 6.07. The minimum absolute atomic E-state index is 0.543. The summed E-state index contributed by atoms with van der Waals surface area (Å²) in [6, 6.07) is 20.3. The van der Waals surface area contributed by atoms with E-state index in [4.69, 9.17) is 4.74 Å². The van der Waals surface area contributed by atoms with Gasteiger partial charge in [0.25, 0.3) is 0 Å². The number of aryl methyl sites for hydroxylation is 1. The van der Waals surface area contributed by atoms with Crippen molar-refractivity contribution in [1.82, 2.24) is 15.0 Å². The molecule has 4 heteroatoms. The zero-order valence-corrected chi connectivity index (χ0v) is 12.2. The topological polar surface area (TPSA) is 39.9 Å². The highest BCUT2D eigenvalue weighted by Crippen LogP contribution is 2.32. The molecule has 1 heterocycles. The van der Waals surface area contributed by atoms with Gasteiger partial charge in [0.1, 0.15) is 17.9 Å². The Morgan fingerprint density at radius 2 is 1.68 bits per heavy atom. The Morgan fingerprint density at radius 1 is 0.955 bits per heavy atom. The van der Waals surface area contributed by atoms with Crippen molar-refractivity contribution >= 4 is 21.8 Å². The van der Waals surface area contributed by atoms with Gasteiger partial charge in [-0.3, -0.25) is 0 Å². The summed E-state index contributed by atoms with van der Waals surface area (Å²) in [7, 11) is 1.89. The highest BCUT2D eigenvalue weighted by molar-refractivity contribution is 6.07. The number of benzene rings is 3. The highest BCUT2D eigenvalue weighted by atomic mass is 16.5. The maximum absolute atomic E-state index is 6.07. The number of fused-ring (bicyclic) bond motifs is 3. The van der Waals surface area contributed by atoms with Crippen LogP contribution in [0.3, 0.4) is 0 Å². The minimum Gasteiger partial charge on any atom is -0.488 e. The van der Waals surface area contributed by atoms with Gasteiger partial charge in [0, 0.05) is 23.9 Å². The first-order valence-corrected chi connectivity index (χ1v) is 7.21. The first kappa shape index (κ1) is 12.8. The number of nitrogens with zero attached hydrogens (tertiary/aromatic N) is 3. The molecule has 108 valence electrons. The number of rotatable bonds is 3. The average Bonchev–Trinajstić information content (AvgIpc) is 2.95. The van der Waals surface area contributed by atoms with E-state index in [9.17, 15) is 0 Å². The van der Waals surface area contributed by atoms with E-state index in [2.05, 4.69) is 34.6 Å². The van der Waals surface area contributed by atoms with E-state index in [0.29, 0.717) is 6.61 Å². The standard InChI is InChI=1S/C18H15N3O/c1-21-16-11-17(22-12-13-7-3-2-4-8-13)14-9-5-6-10-15(14)18(16)19-20-21/h2-11H,12H2,1H3. The Morgan fingerprint density at radius 3 is 2.50 bits per heavy atom. The van der Waals surface area contributed by atoms with E-state index >= 15 is 0 Å². The maximum Gasteiger partial charge on any atom is 0.129 e. The second kappa shape index (κ2) is 5.15. The van der Waals surface area contributed by atoms with Gasteiger partial charge in [-0.1, -0.05) is 59.8 Å². The van der Waals surface area contributed by atoms with E-state index in [0.717, 1.165) is 33.1 Å². The summed E-state index contributed by atoms with van der Waals surface area (Å²) in [6.07, 6.45) is 0. The molecular formula is C18H15N3O. The molecular weight excluding hydrogens is 274 g/mol. The molecule has 0 amide bonds. The van der Waals surface area contributed by atoms with E-state index in [1.165, 1.54) is 0 Å². The number of hydrogen-bond acceptors (Lipinski definition) is 3. The molecule has 0 N–H and O–H groups in total. The molecule has 0 aliphatic carbocycles. The van der Waals surface area contributed by atoms with E-state index in [1.807, 2.05) is 43.4 Å². The zero-order valence-electron chi connectivity index (χ0n) is 12.2. The van der Waals surface area contributed by atoms with Crippen molar-refractivity contribution < 1.29 is 4.74 Å². The molecule has 0 fully saturated rings. The normalized spacial score (nSPS) is 11.1. The average molecular weight is 289 g/mol. The molecule has 4 rings (SSSR count). The Bertz CT molecular complexity index is 945. The van der Waals surface area contributed by atoms with Crippen molar-refractivity contribution in [2.24, 2.45) is 7.05 Å². The summed E-state index contributed by atoms with van der Waals surface area (Å²) in [5.41, 5.74) is 3.03. The van der Waals surface area contributed by atoms with E-state index < -0.39 is 0 Å². The van der Waals surface area contributed by atoms with Crippen LogP contribution in [0.5, 0.6) is 5.75 Å². The van der Waals surface area contributed by atoms with Crippen LogP contribution in [0.4, 0.5) is 0 Å². The van der Waals surface area contributed by atoms with Gasteiger partial charge >= 0.3 is 0 Å². The van der Waals surface area contributed by atoms with Gasteiger partial charge < -0.3 is 4.74 Å². The van der Waals surface area contributed by atoms with Gasteiger partial charge in [0.05, 0.1) is 5.52 Å². The van der Waals surface area contributed by atoms with Crippen molar-refractivity contribution in [3.8, 4) is 5.75 Å². The van der Waals surface area contributed by atoms with Crippen molar-refractivity contribution in [3.63, 3.8) is 0 Å². The van der Waals surface area contributed by atoms with Gasteiger partial charge in [0.15, 0.2) is 0 Å². The molecule has 22 heavy (non-hydrogen) atoms. The highest BCUT2D eigenvalue weighted by Gasteiger charge is 2.11. The van der Waals surface area contributed by atoms with Crippen LogP contribution in [0.1, 0.15) is 5.56 Å². The lowest BCUT2D eigenvalue weighted by atomic mass is 10.1. The van der Waals surface area contributed by atoms with Crippen molar-refractivity contribution in [1.29, 1.82) is 0 Å². The van der Waals surface area contributed by atoms with E-state index in [-0.39, 0.29) is 0 Å². The van der Waals surface area contributed by atoms with Crippen LogP contribution < -0.4 is 4.74 Å². The molecule has 0 atom stereocenters. The summed E-state index contributed by atoms with van der Waals surface area (Å²) in [5, 5.41) is 10.5. The van der Waals surface area contributed by atoms with Crippen LogP contribution in [0.2, 0.25) is 0 Å². The summed E-state index contributed by atoms with van der Waals surface area (Å²) in [4.78, 5) is 0. The van der Waals surface area contributed by atoms with Crippen molar-refractivity contribution in [3.05, 3.63) is 66.2 Å². The summed E-state index contributed by atoms with van der Waals surface area (Å²) < 4.78 is 7.84. The minimum atomic E-state index is 0.543. The quantitative estimate of drug-likeness (QED) is 0.577. The molecule has 0 spiro atoms. The fourth-order valence-electron chi connectivity index (χ4n) is 2.68. The summed E-state index contributed by atoms with van der Waals surface area (Å²) >= 11 is 0. The summed E-state index contributed by atoms with van der Waals surface area (Å²) in [6.45, 7) is 0.543. The van der Waals surface area contributed by atoms with Crippen LogP contribution >= 0.6 is 0 Å². The molecule has 0 bridgehead atoms. The van der Waals surface area contributed by atoms with Crippen LogP contribution in [-0.4, -0.2) is 15.0 Å². The van der Waals surface area contributed by atoms with Crippen LogP contribution in [0, 0.1) is 0 Å². The molecule has 1 aromatic heterocycles. The second-order valence-electron chi connectivity index (χ2n) is 5.28. The fourth-order valence-corrected chi connectivity index (χ4v) is 2.68. The van der Waals surface area contributed by atoms with Crippen LogP contribution in [0.15, 0.2) is 60.7 Å². The molecule has 3 aromatic carbocycles. The summed E-state index contributed by atoms with van der Waals surface area (Å²) in [5.74, 6) is 0.859. The SMILES string of the molecule is Cn1nnc2c3ccccc3c(OCc3ccccc3)cc21. The number of aromatic nitrogens is 3. The molecule has 0 saturated carbocycles. The van der Waals surface area contributed by atoms with Gasteiger partial charge in [-0.2, -0.15) is 0 Å². The van der Waals surface area contributed by atoms with Crippen molar-refractivity contribution in [2.45, 2.75) is 6.61 Å². The lowest BCUT2D eigenvalue weighted by Gasteiger charge is -2.10. The Balaban J connectivity index is 1.82. The van der Waals surface area contributed by atoms with E-state index in [1.54, 1.807) is 4.68 Å². The molecule has 0 radical (unpaired) electrons. The lowest BCUT2D eigenvalue weighted by Crippen LogP contribution is -1.97. The second-order valence-corrected chi connectivity index (χ2v) is 5.28. The third-order valence-corrected chi connectivity index (χ3v) is 3.82. The molecule has 0 aliphatic heterocycles.